The van der Waals surface area contributed by atoms with Gasteiger partial charge in [0.1, 0.15) is 0 Å². The van der Waals surface area contributed by atoms with E-state index in [4.69, 9.17) is 5.73 Å². The number of nitrogens with two attached hydrogens (primary N) is 1. The van der Waals surface area contributed by atoms with Crippen LogP contribution in [0.2, 0.25) is 0 Å². The van der Waals surface area contributed by atoms with Crippen LogP contribution in [-0.4, -0.2) is 18.5 Å². The lowest BCUT2D eigenvalue weighted by molar-refractivity contribution is -0.120. The zero-order valence-electron chi connectivity index (χ0n) is 7.62. The first-order valence-electron chi connectivity index (χ1n) is 4.23. The Kier molecular flexibility index (Phi) is 3.92. The van der Waals surface area contributed by atoms with Gasteiger partial charge in [0.25, 0.3) is 0 Å². The third kappa shape index (κ3) is 4.05. The minimum Gasteiger partial charge on any atom is -0.354 e. The molecule has 1 atom stereocenters. The van der Waals surface area contributed by atoms with Crippen molar-refractivity contribution in [3.05, 3.63) is 22.4 Å². The predicted molar refractivity (Wildman–Crippen MR) is 54.7 cm³/mol. The summed E-state index contributed by atoms with van der Waals surface area (Å²) >= 11 is 1.59. The lowest BCUT2D eigenvalue weighted by atomic mass is 10.3. The summed E-state index contributed by atoms with van der Waals surface area (Å²) in [5.41, 5.74) is 5.50. The van der Waals surface area contributed by atoms with Crippen LogP contribution < -0.4 is 11.1 Å². The Morgan fingerprint density at radius 3 is 3.08 bits per heavy atom. The van der Waals surface area contributed by atoms with Crippen molar-refractivity contribution in [2.75, 3.05) is 6.54 Å². The second kappa shape index (κ2) is 4.99. The Bertz CT molecular complexity index is 257. The molecule has 1 aromatic heterocycles. The summed E-state index contributed by atoms with van der Waals surface area (Å²) in [5, 5.41) is 4.73. The Morgan fingerprint density at radius 1 is 1.77 bits per heavy atom. The lowest BCUT2D eigenvalue weighted by Gasteiger charge is -2.06. The molecule has 0 aliphatic rings. The van der Waals surface area contributed by atoms with Crippen LogP contribution in [0, 0.1) is 0 Å². The molecule has 0 aliphatic carbocycles. The van der Waals surface area contributed by atoms with Gasteiger partial charge >= 0.3 is 0 Å². The molecule has 1 aromatic rings. The molecular weight excluding hydrogens is 184 g/mol. The van der Waals surface area contributed by atoms with Gasteiger partial charge in [0, 0.05) is 17.5 Å². The quantitative estimate of drug-likeness (QED) is 0.750. The highest BCUT2D eigenvalue weighted by atomic mass is 32.1. The Hall–Kier alpha value is -0.870. The van der Waals surface area contributed by atoms with E-state index in [1.165, 1.54) is 0 Å². The van der Waals surface area contributed by atoms with Gasteiger partial charge in [-0.3, -0.25) is 4.79 Å². The molecule has 4 heteroatoms. The number of carbonyl (C=O) groups excluding carboxylic acids is 1. The van der Waals surface area contributed by atoms with Crippen molar-refractivity contribution in [1.29, 1.82) is 0 Å². The van der Waals surface area contributed by atoms with E-state index < -0.39 is 0 Å². The molecule has 0 bridgehead atoms. The second-order valence-corrected chi connectivity index (χ2v) is 4.07. The zero-order valence-corrected chi connectivity index (χ0v) is 8.43. The van der Waals surface area contributed by atoms with Gasteiger partial charge in [0.2, 0.25) is 5.91 Å². The molecule has 1 heterocycles. The van der Waals surface area contributed by atoms with Crippen molar-refractivity contribution in [3.63, 3.8) is 0 Å². The van der Waals surface area contributed by atoms with E-state index in [0.29, 0.717) is 13.0 Å². The molecule has 1 amide bonds. The Balaban J connectivity index is 2.26. The van der Waals surface area contributed by atoms with Gasteiger partial charge in [-0.2, -0.15) is 0 Å². The molecule has 0 radical (unpaired) electrons. The van der Waals surface area contributed by atoms with E-state index in [-0.39, 0.29) is 11.9 Å². The van der Waals surface area contributed by atoms with Crippen LogP contribution in [0.3, 0.4) is 0 Å². The largest absolute Gasteiger partial charge is 0.354 e. The fraction of sp³-hybridized carbons (Fsp3) is 0.444. The van der Waals surface area contributed by atoms with Crippen molar-refractivity contribution in [2.24, 2.45) is 5.73 Å². The molecule has 13 heavy (non-hydrogen) atoms. The third-order valence-electron chi connectivity index (χ3n) is 1.54. The van der Waals surface area contributed by atoms with Crippen LogP contribution in [0.1, 0.15) is 11.8 Å². The predicted octanol–water partition coefficient (Wildman–Crippen LogP) is 0.754. The summed E-state index contributed by atoms with van der Waals surface area (Å²) in [6.07, 6.45) is 0.463. The second-order valence-electron chi connectivity index (χ2n) is 3.04. The summed E-state index contributed by atoms with van der Waals surface area (Å²) in [6.45, 7) is 2.41. The van der Waals surface area contributed by atoms with E-state index in [0.717, 1.165) is 4.88 Å². The number of carbonyl (C=O) groups is 1. The topological polar surface area (TPSA) is 55.1 Å². The molecular formula is C9H14N2OS. The monoisotopic (exact) mass is 198 g/mol. The molecule has 72 valence electrons. The van der Waals surface area contributed by atoms with Crippen molar-refractivity contribution < 1.29 is 4.79 Å². The van der Waals surface area contributed by atoms with Gasteiger partial charge in [-0.05, 0) is 18.4 Å². The minimum atomic E-state index is 0.0206. The molecule has 3 N–H and O–H groups in total. The molecule has 1 rings (SSSR count). The number of amides is 1. The van der Waals surface area contributed by atoms with Crippen molar-refractivity contribution in [3.8, 4) is 0 Å². The van der Waals surface area contributed by atoms with Crippen LogP contribution in [0.5, 0.6) is 0 Å². The molecule has 0 aromatic carbocycles. The number of nitrogens with one attached hydrogen (secondary N) is 1. The fourth-order valence-corrected chi connectivity index (χ4v) is 1.61. The summed E-state index contributed by atoms with van der Waals surface area (Å²) < 4.78 is 0. The summed E-state index contributed by atoms with van der Waals surface area (Å²) in [7, 11) is 0. The molecule has 0 saturated heterocycles. The Morgan fingerprint density at radius 2 is 2.54 bits per heavy atom. The highest BCUT2D eigenvalue weighted by Crippen LogP contribution is 2.08. The third-order valence-corrected chi connectivity index (χ3v) is 2.41. The molecule has 0 fully saturated rings. The SMILES string of the molecule is CC(N)CNC(=O)Cc1cccs1. The smallest absolute Gasteiger partial charge is 0.225 e. The number of hydrogen-bond acceptors (Lipinski definition) is 3. The van der Waals surface area contributed by atoms with E-state index in [2.05, 4.69) is 5.32 Å². The van der Waals surface area contributed by atoms with Gasteiger partial charge < -0.3 is 11.1 Å². The van der Waals surface area contributed by atoms with Crippen molar-refractivity contribution in [2.45, 2.75) is 19.4 Å². The van der Waals surface area contributed by atoms with Gasteiger partial charge in [0.15, 0.2) is 0 Å². The summed E-state index contributed by atoms with van der Waals surface area (Å²) in [5.74, 6) is 0.0414. The first-order valence-corrected chi connectivity index (χ1v) is 5.11. The number of hydrogen-bond donors (Lipinski definition) is 2. The lowest BCUT2D eigenvalue weighted by Crippen LogP contribution is -2.35. The standard InChI is InChI=1S/C9H14N2OS/c1-7(10)6-11-9(12)5-8-3-2-4-13-8/h2-4,7H,5-6,10H2,1H3,(H,11,12). The highest BCUT2D eigenvalue weighted by molar-refractivity contribution is 7.10. The summed E-state index contributed by atoms with van der Waals surface area (Å²) in [6, 6.07) is 3.92. The fourth-order valence-electron chi connectivity index (χ4n) is 0.909. The first kappa shape index (κ1) is 10.2. The van der Waals surface area contributed by atoms with Crippen molar-refractivity contribution >= 4 is 17.2 Å². The van der Waals surface area contributed by atoms with Gasteiger partial charge in [-0.15, -0.1) is 11.3 Å². The van der Waals surface area contributed by atoms with Crippen LogP contribution in [0.25, 0.3) is 0 Å². The molecule has 0 aliphatic heterocycles. The van der Waals surface area contributed by atoms with Gasteiger partial charge in [-0.1, -0.05) is 6.07 Å². The van der Waals surface area contributed by atoms with E-state index in [1.54, 1.807) is 11.3 Å². The van der Waals surface area contributed by atoms with E-state index in [9.17, 15) is 4.79 Å². The normalized spacial score (nSPS) is 12.5. The number of rotatable bonds is 4. The van der Waals surface area contributed by atoms with Gasteiger partial charge in [0.05, 0.1) is 6.42 Å². The highest BCUT2D eigenvalue weighted by Gasteiger charge is 2.03. The van der Waals surface area contributed by atoms with E-state index >= 15 is 0 Å². The maximum Gasteiger partial charge on any atom is 0.225 e. The molecule has 1 unspecified atom stereocenters. The Labute approximate surface area is 81.9 Å². The zero-order chi connectivity index (χ0) is 9.68. The van der Waals surface area contributed by atoms with Gasteiger partial charge in [-0.25, -0.2) is 0 Å². The minimum absolute atomic E-state index is 0.0206. The number of thiophene rings is 1. The molecule has 3 nitrogen and oxygen atoms in total. The van der Waals surface area contributed by atoms with Crippen molar-refractivity contribution in [1.82, 2.24) is 5.32 Å². The van der Waals surface area contributed by atoms with Crippen LogP contribution >= 0.6 is 11.3 Å². The molecule has 0 spiro atoms. The average Bonchev–Trinajstić information content (AvgIpc) is 2.53. The maximum atomic E-state index is 11.3. The van der Waals surface area contributed by atoms with Crippen LogP contribution in [0.15, 0.2) is 17.5 Å². The van der Waals surface area contributed by atoms with Crippen LogP contribution in [0.4, 0.5) is 0 Å². The van der Waals surface area contributed by atoms with Crippen LogP contribution in [-0.2, 0) is 11.2 Å². The average molecular weight is 198 g/mol. The maximum absolute atomic E-state index is 11.3. The molecule has 0 saturated carbocycles. The van der Waals surface area contributed by atoms with E-state index in [1.807, 2.05) is 24.4 Å². The first-order chi connectivity index (χ1) is 6.18. The summed E-state index contributed by atoms with van der Waals surface area (Å²) in [4.78, 5) is 12.3.